The first-order chi connectivity index (χ1) is 30.2. The van der Waals surface area contributed by atoms with Crippen molar-refractivity contribution in [3.63, 3.8) is 0 Å². The normalized spacial score (nSPS) is 13.0. The highest BCUT2D eigenvalue weighted by molar-refractivity contribution is 9.11. The molecule has 10 rings (SSSR count). The number of hydrogen-bond donors (Lipinski definition) is 0. The minimum Gasteiger partial charge on any atom is -0.489 e. The summed E-state index contributed by atoms with van der Waals surface area (Å²) >= 11 is 21.7. The van der Waals surface area contributed by atoms with Crippen LogP contribution in [0.5, 0.6) is 11.5 Å². The number of hydrogen-bond acceptors (Lipinski definition) is 10. The van der Waals surface area contributed by atoms with E-state index in [9.17, 15) is 0 Å². The van der Waals surface area contributed by atoms with Crippen LogP contribution in [0.3, 0.4) is 0 Å². The van der Waals surface area contributed by atoms with E-state index in [-0.39, 0.29) is 0 Å². The maximum Gasteiger partial charge on any atom is 0.163 e. The highest BCUT2D eigenvalue weighted by atomic mass is 79.9. The van der Waals surface area contributed by atoms with Crippen LogP contribution < -0.4 is 9.47 Å². The minimum absolute atomic E-state index is 0.534. The third kappa shape index (κ3) is 9.02. The van der Waals surface area contributed by atoms with Gasteiger partial charge in [0.1, 0.15) is 0 Å². The number of aromatic nitrogens is 4. The molecule has 4 aromatic carbocycles. The van der Waals surface area contributed by atoms with Crippen molar-refractivity contribution in [2.24, 2.45) is 11.8 Å². The van der Waals surface area contributed by atoms with Gasteiger partial charge in [0.2, 0.25) is 0 Å². The summed E-state index contributed by atoms with van der Waals surface area (Å²) in [5, 5.41) is 4.62. The van der Waals surface area contributed by atoms with E-state index in [1.54, 1.807) is 45.3 Å². The zero-order chi connectivity index (χ0) is 43.1. The second-order valence-corrected chi connectivity index (χ2v) is 25.5. The fraction of sp³-hybridized carbons (Fsp3) is 0.333. The van der Waals surface area contributed by atoms with E-state index in [0.717, 1.165) is 94.4 Å². The third-order valence-electron chi connectivity index (χ3n) is 11.6. The molecule has 6 nitrogen and oxygen atoms in total. The Balaban J connectivity index is 0.000000185. The molecule has 0 amide bonds. The average Bonchev–Trinajstić information content (AvgIpc) is 4.07. The van der Waals surface area contributed by atoms with Gasteiger partial charge in [-0.3, -0.25) is 0 Å². The molecule has 0 N–H and O–H groups in total. The van der Waals surface area contributed by atoms with Crippen LogP contribution in [0.1, 0.15) is 79.1 Å². The number of unbranched alkanes of at least 4 members (excludes halogenated alkanes) is 2. The topological polar surface area (TPSA) is 70.0 Å². The molecule has 0 bridgehead atoms. The molecule has 0 spiro atoms. The van der Waals surface area contributed by atoms with Crippen molar-refractivity contribution < 1.29 is 9.47 Å². The zero-order valence-electron chi connectivity index (χ0n) is 34.7. The number of benzene rings is 4. The molecule has 10 aromatic rings. The third-order valence-corrected chi connectivity index (χ3v) is 18.5. The molecule has 0 aliphatic carbocycles. The fourth-order valence-electron chi connectivity index (χ4n) is 8.07. The number of nitrogens with zero attached hydrogens (tertiary/aromatic N) is 4. The van der Waals surface area contributed by atoms with Crippen molar-refractivity contribution >= 4 is 194 Å². The number of halogens is 4. The Bertz CT molecular complexity index is 3040. The van der Waals surface area contributed by atoms with Gasteiger partial charge in [-0.2, -0.15) is 0 Å². The summed E-state index contributed by atoms with van der Waals surface area (Å²) in [5.74, 6) is 2.63. The largest absolute Gasteiger partial charge is 0.489 e. The Kier molecular flexibility index (Phi) is 14.0. The van der Waals surface area contributed by atoms with Crippen molar-refractivity contribution in [2.75, 3.05) is 13.2 Å². The van der Waals surface area contributed by atoms with Crippen LogP contribution in [-0.2, 0) is 0 Å². The molecule has 62 heavy (non-hydrogen) atoms. The summed E-state index contributed by atoms with van der Waals surface area (Å²) in [6.07, 6.45) is 9.48. The van der Waals surface area contributed by atoms with Crippen molar-refractivity contribution in [3.05, 3.63) is 75.8 Å². The molecule has 0 fully saturated rings. The Hall–Kier alpha value is -2.56. The highest BCUT2D eigenvalue weighted by Gasteiger charge is 2.21. The standard InChI is InChI=1S/C32H38Br2N2O2S2.C16H6Br2N2S2/c1-5-9-11-19(7-3)17-37-25-15-23-24(16-26(25)38-18-20(8-4)12-10-6-2)36-30-22-14-28(34)40-32(22)31-21(29(30)35-23)13-27(33)39-31;17-11-5-7-13-14(20-10-4-2-1-3-9(10)19-13)8-6-12(18)22-16(8)15(7)21-11/h13-16,19-20H,5-12,17-18H2,1-4H3;1-6H. The lowest BCUT2D eigenvalue weighted by molar-refractivity contribution is 0.199. The van der Waals surface area contributed by atoms with Gasteiger partial charge < -0.3 is 9.47 Å². The van der Waals surface area contributed by atoms with Gasteiger partial charge in [0.05, 0.1) is 91.3 Å². The summed E-state index contributed by atoms with van der Waals surface area (Å²) < 4.78 is 22.5. The van der Waals surface area contributed by atoms with Crippen LogP contribution in [0.25, 0.3) is 84.5 Å². The molecule has 2 unspecified atom stereocenters. The number of para-hydroxylation sites is 2. The number of fused-ring (bicyclic) bond motifs is 14. The number of rotatable bonds is 14. The van der Waals surface area contributed by atoms with Gasteiger partial charge in [0.25, 0.3) is 0 Å². The van der Waals surface area contributed by atoms with Gasteiger partial charge in [-0.25, -0.2) is 19.9 Å². The van der Waals surface area contributed by atoms with Crippen molar-refractivity contribution in [1.82, 2.24) is 19.9 Å². The molecule has 320 valence electrons. The predicted octanol–water partition coefficient (Wildman–Crippen LogP) is 18.7. The quantitative estimate of drug-likeness (QED) is 0.101. The summed E-state index contributed by atoms with van der Waals surface area (Å²) in [6.45, 7) is 10.4. The Labute approximate surface area is 410 Å². The van der Waals surface area contributed by atoms with E-state index in [4.69, 9.17) is 29.4 Å². The van der Waals surface area contributed by atoms with Crippen LogP contribution in [0.15, 0.2) is 75.8 Å². The first-order valence-electron chi connectivity index (χ1n) is 21.2. The zero-order valence-corrected chi connectivity index (χ0v) is 44.4. The van der Waals surface area contributed by atoms with E-state index in [1.165, 1.54) is 68.1 Å². The highest BCUT2D eigenvalue weighted by Crippen LogP contribution is 2.47. The van der Waals surface area contributed by atoms with Crippen LogP contribution in [-0.4, -0.2) is 33.1 Å². The molecule has 2 atom stereocenters. The molecular weight excluding hydrogens is 1110 g/mol. The Morgan fingerprint density at radius 1 is 0.468 bits per heavy atom. The van der Waals surface area contributed by atoms with Gasteiger partial charge >= 0.3 is 0 Å². The van der Waals surface area contributed by atoms with E-state index < -0.39 is 0 Å². The van der Waals surface area contributed by atoms with Crippen LogP contribution in [0.4, 0.5) is 0 Å². The fourth-order valence-corrected chi connectivity index (χ4v) is 14.8. The average molecular weight is 1160 g/mol. The summed E-state index contributed by atoms with van der Waals surface area (Å²) in [6, 6.07) is 20.8. The van der Waals surface area contributed by atoms with E-state index in [0.29, 0.717) is 25.0 Å². The number of ether oxygens (including phenoxy) is 2. The van der Waals surface area contributed by atoms with Crippen molar-refractivity contribution in [3.8, 4) is 11.5 Å². The lowest BCUT2D eigenvalue weighted by Gasteiger charge is -2.20. The summed E-state index contributed by atoms with van der Waals surface area (Å²) in [4.78, 5) is 20.2. The smallest absolute Gasteiger partial charge is 0.163 e. The molecule has 0 saturated carbocycles. The monoisotopic (exact) mass is 1150 g/mol. The lowest BCUT2D eigenvalue weighted by atomic mass is 10.0. The van der Waals surface area contributed by atoms with E-state index in [1.807, 2.05) is 24.3 Å². The van der Waals surface area contributed by atoms with Crippen LogP contribution in [0, 0.1) is 11.8 Å². The van der Waals surface area contributed by atoms with Gasteiger partial charge in [-0.1, -0.05) is 78.4 Å². The second kappa shape index (κ2) is 19.5. The minimum atomic E-state index is 0.534. The van der Waals surface area contributed by atoms with Gasteiger partial charge in [-0.05, 0) is 125 Å². The molecule has 14 heteroatoms. The predicted molar refractivity (Wildman–Crippen MR) is 284 cm³/mol. The van der Waals surface area contributed by atoms with Crippen LogP contribution in [0.2, 0.25) is 0 Å². The van der Waals surface area contributed by atoms with E-state index >= 15 is 0 Å². The second-order valence-electron chi connectivity index (χ2n) is 15.7. The molecule has 0 aliphatic rings. The first-order valence-corrected chi connectivity index (χ1v) is 27.7. The summed E-state index contributed by atoms with van der Waals surface area (Å²) in [5.41, 5.74) is 7.38. The van der Waals surface area contributed by atoms with Crippen molar-refractivity contribution in [1.29, 1.82) is 0 Å². The maximum absolute atomic E-state index is 6.52. The molecule has 0 aliphatic heterocycles. The van der Waals surface area contributed by atoms with Gasteiger partial charge in [-0.15, -0.1) is 45.3 Å². The van der Waals surface area contributed by atoms with Crippen molar-refractivity contribution in [2.45, 2.75) is 79.1 Å². The molecule has 0 saturated heterocycles. The Morgan fingerprint density at radius 3 is 1.10 bits per heavy atom. The van der Waals surface area contributed by atoms with Crippen LogP contribution >= 0.6 is 109 Å². The Morgan fingerprint density at radius 2 is 0.790 bits per heavy atom. The number of thiophene rings is 4. The van der Waals surface area contributed by atoms with Gasteiger partial charge in [0, 0.05) is 33.7 Å². The molecule has 6 heterocycles. The lowest BCUT2D eigenvalue weighted by Crippen LogP contribution is -2.14. The summed E-state index contributed by atoms with van der Waals surface area (Å²) in [7, 11) is 0. The first kappa shape index (κ1) is 44.6. The van der Waals surface area contributed by atoms with E-state index in [2.05, 4.69) is 128 Å². The molecule has 0 radical (unpaired) electrons. The van der Waals surface area contributed by atoms with Gasteiger partial charge in [0.15, 0.2) is 11.5 Å². The molecule has 6 aromatic heterocycles. The SMILES string of the molecule is Brc1cc2c3nc4ccccc4nc3c3cc(Br)sc3c2s1.CCCCC(CC)COc1cc2nc3c4cc(Br)sc4c4sc(Br)cc4c3nc2cc1OCC(CC)CCCC. The maximum atomic E-state index is 6.52. The molecular formula is C48H44Br4N4O2S4.